The molecule has 0 aromatic carbocycles. The molecule has 0 saturated carbocycles. The highest BCUT2D eigenvalue weighted by Gasteiger charge is 2.08. The van der Waals surface area contributed by atoms with Crippen LogP contribution >= 0.6 is 0 Å². The van der Waals surface area contributed by atoms with E-state index >= 15 is 0 Å². The minimum atomic E-state index is -0.279. The van der Waals surface area contributed by atoms with Crippen LogP contribution < -0.4 is 16.0 Å². The van der Waals surface area contributed by atoms with Crippen LogP contribution in [0.4, 0.5) is 5.82 Å². The third-order valence-electron chi connectivity index (χ3n) is 2.58. The van der Waals surface area contributed by atoms with E-state index in [1.54, 1.807) is 25.2 Å². The standard InChI is InChI=1S/C14H22N4O2/c1-10(2)9-17-13(19)7-8-16-14(20)11-5-4-6-12(15-3)18-11/h4-6,10H,7-9H2,1-3H3,(H,15,18)(H,16,20)(H,17,19). The Hall–Kier alpha value is -2.11. The van der Waals surface area contributed by atoms with Gasteiger partial charge in [0.15, 0.2) is 0 Å². The molecule has 0 aliphatic carbocycles. The quantitative estimate of drug-likeness (QED) is 0.695. The molecule has 0 unspecified atom stereocenters. The van der Waals surface area contributed by atoms with Crippen molar-refractivity contribution in [2.75, 3.05) is 25.5 Å². The molecular formula is C14H22N4O2. The van der Waals surface area contributed by atoms with Gasteiger partial charge in [0.2, 0.25) is 5.91 Å². The van der Waals surface area contributed by atoms with E-state index < -0.39 is 0 Å². The molecule has 20 heavy (non-hydrogen) atoms. The van der Waals surface area contributed by atoms with Crippen molar-refractivity contribution < 1.29 is 9.59 Å². The van der Waals surface area contributed by atoms with Crippen molar-refractivity contribution in [1.29, 1.82) is 0 Å². The fourth-order valence-electron chi connectivity index (χ4n) is 1.49. The molecule has 1 aromatic heterocycles. The first-order chi connectivity index (χ1) is 9.52. The van der Waals surface area contributed by atoms with Crippen molar-refractivity contribution in [3.8, 4) is 0 Å². The number of nitrogens with zero attached hydrogens (tertiary/aromatic N) is 1. The minimum Gasteiger partial charge on any atom is -0.373 e. The second-order valence-corrected chi connectivity index (χ2v) is 4.86. The normalized spacial score (nSPS) is 10.2. The summed E-state index contributed by atoms with van der Waals surface area (Å²) in [5.74, 6) is 0.712. The second-order valence-electron chi connectivity index (χ2n) is 4.86. The van der Waals surface area contributed by atoms with E-state index in [2.05, 4.69) is 20.9 Å². The molecule has 0 aliphatic heterocycles. The van der Waals surface area contributed by atoms with Gasteiger partial charge in [-0.05, 0) is 18.1 Å². The molecule has 6 heteroatoms. The van der Waals surface area contributed by atoms with Crippen molar-refractivity contribution >= 4 is 17.6 Å². The van der Waals surface area contributed by atoms with E-state index in [-0.39, 0.29) is 18.2 Å². The number of rotatable bonds is 7. The zero-order chi connectivity index (χ0) is 15.0. The van der Waals surface area contributed by atoms with Gasteiger partial charge in [-0.1, -0.05) is 19.9 Å². The van der Waals surface area contributed by atoms with Crippen molar-refractivity contribution in [3.63, 3.8) is 0 Å². The number of carbonyl (C=O) groups is 2. The van der Waals surface area contributed by atoms with Gasteiger partial charge in [0.05, 0.1) is 0 Å². The first-order valence-electron chi connectivity index (χ1n) is 6.72. The summed E-state index contributed by atoms with van der Waals surface area (Å²) in [6.07, 6.45) is 0.268. The van der Waals surface area contributed by atoms with Gasteiger partial charge in [-0.25, -0.2) is 4.98 Å². The highest BCUT2D eigenvalue weighted by atomic mass is 16.2. The molecule has 3 N–H and O–H groups in total. The lowest BCUT2D eigenvalue weighted by molar-refractivity contribution is -0.121. The zero-order valence-electron chi connectivity index (χ0n) is 12.2. The average Bonchev–Trinajstić information content (AvgIpc) is 2.45. The maximum absolute atomic E-state index is 11.8. The number of anilines is 1. The van der Waals surface area contributed by atoms with Gasteiger partial charge in [-0.3, -0.25) is 9.59 Å². The maximum Gasteiger partial charge on any atom is 0.269 e. The summed E-state index contributed by atoms with van der Waals surface area (Å²) in [5, 5.41) is 8.35. The number of nitrogens with one attached hydrogen (secondary N) is 3. The van der Waals surface area contributed by atoms with E-state index in [1.807, 2.05) is 13.8 Å². The van der Waals surface area contributed by atoms with E-state index in [0.29, 0.717) is 30.5 Å². The van der Waals surface area contributed by atoms with Crippen molar-refractivity contribution in [1.82, 2.24) is 15.6 Å². The summed E-state index contributed by atoms with van der Waals surface area (Å²) < 4.78 is 0. The third-order valence-corrected chi connectivity index (χ3v) is 2.58. The molecule has 0 spiro atoms. The average molecular weight is 278 g/mol. The summed E-state index contributed by atoms with van der Waals surface area (Å²) in [6.45, 7) is 5.01. The van der Waals surface area contributed by atoms with Crippen molar-refractivity contribution in [2.24, 2.45) is 5.92 Å². The Balaban J connectivity index is 2.34. The molecule has 0 fully saturated rings. The van der Waals surface area contributed by atoms with Crippen LogP contribution in [0.3, 0.4) is 0 Å². The third kappa shape index (κ3) is 5.69. The Labute approximate surface area is 119 Å². The number of aromatic nitrogens is 1. The molecule has 2 amide bonds. The van der Waals surface area contributed by atoms with Gasteiger partial charge in [0, 0.05) is 26.6 Å². The fraction of sp³-hybridized carbons (Fsp3) is 0.500. The van der Waals surface area contributed by atoms with Crippen LogP contribution in [0.1, 0.15) is 30.8 Å². The van der Waals surface area contributed by atoms with Crippen LogP contribution in [-0.4, -0.2) is 36.9 Å². The van der Waals surface area contributed by atoms with Crippen molar-refractivity contribution in [2.45, 2.75) is 20.3 Å². The number of carbonyl (C=O) groups excluding carboxylic acids is 2. The van der Waals surface area contributed by atoms with Gasteiger partial charge in [-0.15, -0.1) is 0 Å². The minimum absolute atomic E-state index is 0.0593. The summed E-state index contributed by atoms with van der Waals surface area (Å²) in [6, 6.07) is 5.16. The van der Waals surface area contributed by atoms with Crippen LogP contribution in [-0.2, 0) is 4.79 Å². The van der Waals surface area contributed by atoms with Gasteiger partial charge in [-0.2, -0.15) is 0 Å². The first kappa shape index (κ1) is 15.9. The highest BCUT2D eigenvalue weighted by Crippen LogP contribution is 2.03. The SMILES string of the molecule is CNc1cccc(C(=O)NCCC(=O)NCC(C)C)n1. The topological polar surface area (TPSA) is 83.1 Å². The van der Waals surface area contributed by atoms with Crippen LogP contribution in [0.5, 0.6) is 0 Å². The molecule has 0 atom stereocenters. The molecule has 0 bridgehead atoms. The van der Waals surface area contributed by atoms with E-state index in [9.17, 15) is 9.59 Å². The molecular weight excluding hydrogens is 256 g/mol. The lowest BCUT2D eigenvalue weighted by atomic mass is 10.2. The smallest absolute Gasteiger partial charge is 0.269 e. The monoisotopic (exact) mass is 278 g/mol. The van der Waals surface area contributed by atoms with Gasteiger partial charge < -0.3 is 16.0 Å². The van der Waals surface area contributed by atoms with E-state index in [1.165, 1.54) is 0 Å². The molecule has 0 aliphatic rings. The van der Waals surface area contributed by atoms with E-state index in [4.69, 9.17) is 0 Å². The lowest BCUT2D eigenvalue weighted by Gasteiger charge is -2.08. The van der Waals surface area contributed by atoms with Gasteiger partial charge in [0.25, 0.3) is 5.91 Å². The zero-order valence-corrected chi connectivity index (χ0v) is 12.2. The molecule has 0 saturated heterocycles. The van der Waals surface area contributed by atoms with Crippen LogP contribution in [0.25, 0.3) is 0 Å². The first-order valence-corrected chi connectivity index (χ1v) is 6.72. The predicted octanol–water partition coefficient (Wildman–Crippen LogP) is 1.02. The van der Waals surface area contributed by atoms with Crippen molar-refractivity contribution in [3.05, 3.63) is 23.9 Å². The molecule has 110 valence electrons. The Kier molecular flexibility index (Phi) is 6.49. The highest BCUT2D eigenvalue weighted by molar-refractivity contribution is 5.92. The Morgan fingerprint density at radius 1 is 1.25 bits per heavy atom. The Morgan fingerprint density at radius 2 is 2.00 bits per heavy atom. The number of pyridine rings is 1. The second kappa shape index (κ2) is 8.14. The molecule has 1 rings (SSSR count). The predicted molar refractivity (Wildman–Crippen MR) is 78.6 cm³/mol. The van der Waals surface area contributed by atoms with Gasteiger partial charge >= 0.3 is 0 Å². The molecule has 1 heterocycles. The lowest BCUT2D eigenvalue weighted by Crippen LogP contribution is -2.32. The fourth-order valence-corrected chi connectivity index (χ4v) is 1.49. The maximum atomic E-state index is 11.8. The molecule has 6 nitrogen and oxygen atoms in total. The van der Waals surface area contributed by atoms with Crippen LogP contribution in [0, 0.1) is 5.92 Å². The summed E-state index contributed by atoms with van der Waals surface area (Å²) in [4.78, 5) is 27.4. The van der Waals surface area contributed by atoms with Crippen LogP contribution in [0.2, 0.25) is 0 Å². The van der Waals surface area contributed by atoms with Crippen LogP contribution in [0.15, 0.2) is 18.2 Å². The Morgan fingerprint density at radius 3 is 2.65 bits per heavy atom. The summed E-state index contributed by atoms with van der Waals surface area (Å²) >= 11 is 0. The van der Waals surface area contributed by atoms with E-state index in [0.717, 1.165) is 0 Å². The Bertz CT molecular complexity index is 460. The number of hydrogen-bond donors (Lipinski definition) is 3. The number of hydrogen-bond acceptors (Lipinski definition) is 4. The largest absolute Gasteiger partial charge is 0.373 e. The summed E-state index contributed by atoms with van der Waals surface area (Å²) in [5.41, 5.74) is 0.333. The van der Waals surface area contributed by atoms with Gasteiger partial charge in [0.1, 0.15) is 11.5 Å². The molecule has 1 aromatic rings. The number of amides is 2. The summed E-state index contributed by atoms with van der Waals surface area (Å²) in [7, 11) is 1.74. The molecule has 0 radical (unpaired) electrons.